The molecule has 94 valence electrons. The quantitative estimate of drug-likeness (QED) is 0.790. The minimum absolute atomic E-state index is 0.0396. The van der Waals surface area contributed by atoms with Crippen LogP contribution in [0.1, 0.15) is 5.56 Å². The number of hydrogen-bond acceptors (Lipinski definition) is 4. The molecule has 18 heavy (non-hydrogen) atoms. The van der Waals surface area contributed by atoms with Crippen molar-refractivity contribution in [2.45, 2.75) is 13.1 Å². The third-order valence-corrected chi connectivity index (χ3v) is 2.48. The first kappa shape index (κ1) is 12.2. The Kier molecular flexibility index (Phi) is 3.61. The minimum Gasteiger partial charge on any atom is -0.340 e. The van der Waals surface area contributed by atoms with Crippen molar-refractivity contribution in [1.82, 2.24) is 25.1 Å². The minimum atomic E-state index is -0.320. The Morgan fingerprint density at radius 2 is 2.22 bits per heavy atom. The van der Waals surface area contributed by atoms with E-state index in [2.05, 4.69) is 15.5 Å². The Hall–Kier alpha value is -2.31. The smallest absolute Gasteiger partial charge is 0.244 e. The molecule has 0 spiro atoms. The first-order valence-corrected chi connectivity index (χ1v) is 5.35. The molecule has 0 aliphatic rings. The zero-order valence-electron chi connectivity index (χ0n) is 9.82. The van der Waals surface area contributed by atoms with Crippen LogP contribution in [0, 0.1) is 5.82 Å². The Morgan fingerprint density at radius 3 is 2.89 bits per heavy atom. The van der Waals surface area contributed by atoms with Crippen molar-refractivity contribution < 1.29 is 9.18 Å². The molecule has 0 bridgehead atoms. The van der Waals surface area contributed by atoms with Gasteiger partial charge in [0.2, 0.25) is 5.91 Å². The van der Waals surface area contributed by atoms with E-state index in [0.29, 0.717) is 5.56 Å². The van der Waals surface area contributed by atoms with Crippen molar-refractivity contribution in [3.8, 4) is 0 Å². The third kappa shape index (κ3) is 2.88. The number of nitrogens with zero attached hydrogens (tertiary/aromatic N) is 5. The normalized spacial score (nSPS) is 10.3. The number of tetrazole rings is 1. The first-order chi connectivity index (χ1) is 8.66. The molecule has 0 unspecified atom stereocenters. The van der Waals surface area contributed by atoms with Gasteiger partial charge >= 0.3 is 0 Å². The maximum atomic E-state index is 13.4. The Bertz CT molecular complexity index is 528. The van der Waals surface area contributed by atoms with Gasteiger partial charge in [0.15, 0.2) is 0 Å². The summed E-state index contributed by atoms with van der Waals surface area (Å²) in [5, 5.41) is 10.5. The van der Waals surface area contributed by atoms with Gasteiger partial charge in [0.25, 0.3) is 0 Å². The standard InChI is InChI=1S/C11H12FN5O/c1-16(6-9-4-2-3-5-10(9)12)11(18)7-17-8-13-14-15-17/h2-5,8H,6-7H2,1H3. The highest BCUT2D eigenvalue weighted by molar-refractivity contribution is 5.75. The van der Waals surface area contributed by atoms with Crippen LogP contribution in [0.15, 0.2) is 30.6 Å². The first-order valence-electron chi connectivity index (χ1n) is 5.35. The van der Waals surface area contributed by atoms with Gasteiger partial charge in [-0.3, -0.25) is 4.79 Å². The van der Waals surface area contributed by atoms with Crippen LogP contribution >= 0.6 is 0 Å². The second kappa shape index (κ2) is 5.35. The molecule has 6 nitrogen and oxygen atoms in total. The number of carbonyl (C=O) groups excluding carboxylic acids is 1. The van der Waals surface area contributed by atoms with Crippen LogP contribution in [0.3, 0.4) is 0 Å². The summed E-state index contributed by atoms with van der Waals surface area (Å²) in [6.45, 7) is 0.256. The van der Waals surface area contributed by atoms with Gasteiger partial charge in [-0.05, 0) is 16.5 Å². The molecule has 0 aliphatic carbocycles. The largest absolute Gasteiger partial charge is 0.340 e. The Balaban J connectivity index is 1.97. The molecule has 0 fully saturated rings. The highest BCUT2D eigenvalue weighted by atomic mass is 19.1. The molecular weight excluding hydrogens is 237 g/mol. The maximum absolute atomic E-state index is 13.4. The lowest BCUT2D eigenvalue weighted by atomic mass is 10.2. The number of likely N-dealkylation sites (N-methyl/N-ethyl adjacent to an activating group) is 1. The van der Waals surface area contributed by atoms with Gasteiger partial charge in [0.05, 0.1) is 0 Å². The van der Waals surface area contributed by atoms with E-state index < -0.39 is 0 Å². The Labute approximate surface area is 103 Å². The van der Waals surface area contributed by atoms with E-state index in [1.165, 1.54) is 22.0 Å². The van der Waals surface area contributed by atoms with Gasteiger partial charge in [-0.1, -0.05) is 18.2 Å². The molecule has 2 aromatic rings. The summed E-state index contributed by atoms with van der Waals surface area (Å²) >= 11 is 0. The number of carbonyl (C=O) groups is 1. The van der Waals surface area contributed by atoms with Crippen molar-refractivity contribution in [3.63, 3.8) is 0 Å². The van der Waals surface area contributed by atoms with Crippen LogP contribution in [0.2, 0.25) is 0 Å². The monoisotopic (exact) mass is 249 g/mol. The van der Waals surface area contributed by atoms with Crippen LogP contribution in [0.5, 0.6) is 0 Å². The van der Waals surface area contributed by atoms with Crippen LogP contribution < -0.4 is 0 Å². The van der Waals surface area contributed by atoms with E-state index in [9.17, 15) is 9.18 Å². The maximum Gasteiger partial charge on any atom is 0.244 e. The number of aromatic nitrogens is 4. The number of halogens is 1. The highest BCUT2D eigenvalue weighted by Gasteiger charge is 2.12. The lowest BCUT2D eigenvalue weighted by molar-refractivity contribution is -0.131. The van der Waals surface area contributed by atoms with Crippen molar-refractivity contribution in [3.05, 3.63) is 42.0 Å². The predicted octanol–water partition coefficient (Wildman–Crippen LogP) is 0.471. The summed E-state index contributed by atoms with van der Waals surface area (Å²) in [7, 11) is 1.61. The van der Waals surface area contributed by atoms with Crippen LogP contribution in [-0.2, 0) is 17.9 Å². The van der Waals surface area contributed by atoms with Gasteiger partial charge in [-0.15, -0.1) is 5.10 Å². The van der Waals surface area contributed by atoms with E-state index in [4.69, 9.17) is 0 Å². The van der Waals surface area contributed by atoms with E-state index in [0.717, 1.165) is 0 Å². The number of amides is 1. The van der Waals surface area contributed by atoms with Crippen LogP contribution in [0.25, 0.3) is 0 Å². The SMILES string of the molecule is CN(Cc1ccccc1F)C(=O)Cn1cnnn1. The summed E-state index contributed by atoms with van der Waals surface area (Å²) in [5.74, 6) is -0.509. The van der Waals surface area contributed by atoms with Crippen molar-refractivity contribution in [2.75, 3.05) is 7.05 Å². The lowest BCUT2D eigenvalue weighted by Gasteiger charge is -2.17. The average molecular weight is 249 g/mol. The zero-order valence-corrected chi connectivity index (χ0v) is 9.82. The van der Waals surface area contributed by atoms with Crippen molar-refractivity contribution >= 4 is 5.91 Å². The van der Waals surface area contributed by atoms with Crippen molar-refractivity contribution in [1.29, 1.82) is 0 Å². The van der Waals surface area contributed by atoms with Gasteiger partial charge < -0.3 is 4.90 Å². The second-order valence-electron chi connectivity index (χ2n) is 3.85. The second-order valence-corrected chi connectivity index (χ2v) is 3.85. The van der Waals surface area contributed by atoms with Gasteiger partial charge in [-0.25, -0.2) is 9.07 Å². The molecule has 1 aromatic carbocycles. The number of rotatable bonds is 4. The fourth-order valence-electron chi connectivity index (χ4n) is 1.48. The summed E-state index contributed by atoms with van der Waals surface area (Å²) in [6, 6.07) is 6.37. The number of benzene rings is 1. The van der Waals surface area contributed by atoms with E-state index >= 15 is 0 Å². The van der Waals surface area contributed by atoms with Gasteiger partial charge in [-0.2, -0.15) is 0 Å². The molecule has 7 heteroatoms. The van der Waals surface area contributed by atoms with Crippen LogP contribution in [-0.4, -0.2) is 38.1 Å². The molecule has 1 aromatic heterocycles. The predicted molar refractivity (Wildman–Crippen MR) is 60.7 cm³/mol. The molecule has 0 radical (unpaired) electrons. The molecule has 0 saturated carbocycles. The summed E-state index contributed by atoms with van der Waals surface area (Å²) in [5.41, 5.74) is 0.477. The average Bonchev–Trinajstić information content (AvgIpc) is 2.84. The molecule has 0 N–H and O–H groups in total. The Morgan fingerprint density at radius 1 is 1.44 bits per heavy atom. The van der Waals surface area contributed by atoms with Gasteiger partial charge in [0.1, 0.15) is 18.7 Å². The molecule has 0 atom stereocenters. The molecule has 1 amide bonds. The topological polar surface area (TPSA) is 63.9 Å². The lowest BCUT2D eigenvalue weighted by Crippen LogP contribution is -2.30. The molecule has 1 heterocycles. The van der Waals surface area contributed by atoms with E-state index in [1.807, 2.05) is 0 Å². The summed E-state index contributed by atoms with van der Waals surface area (Å²) in [4.78, 5) is 13.2. The third-order valence-electron chi connectivity index (χ3n) is 2.48. The van der Waals surface area contributed by atoms with E-state index in [1.54, 1.807) is 25.2 Å². The van der Waals surface area contributed by atoms with Crippen LogP contribution in [0.4, 0.5) is 4.39 Å². The van der Waals surface area contributed by atoms with E-state index in [-0.39, 0.29) is 24.8 Å². The fourth-order valence-corrected chi connectivity index (χ4v) is 1.48. The fraction of sp³-hybridized carbons (Fsp3) is 0.273. The molecular formula is C11H12FN5O. The summed E-state index contributed by atoms with van der Waals surface area (Å²) < 4.78 is 14.7. The molecule has 0 saturated heterocycles. The number of hydrogen-bond donors (Lipinski definition) is 0. The highest BCUT2D eigenvalue weighted by Crippen LogP contribution is 2.09. The van der Waals surface area contributed by atoms with Crippen molar-refractivity contribution in [2.24, 2.45) is 0 Å². The summed E-state index contributed by atoms with van der Waals surface area (Å²) in [6.07, 6.45) is 1.36. The molecule has 0 aliphatic heterocycles. The zero-order chi connectivity index (χ0) is 13.0. The van der Waals surface area contributed by atoms with Gasteiger partial charge in [0, 0.05) is 19.2 Å². The molecule has 2 rings (SSSR count).